The number of anilines is 1. The van der Waals surface area contributed by atoms with Gasteiger partial charge < -0.3 is 5.32 Å². The molecule has 164 valence electrons. The van der Waals surface area contributed by atoms with E-state index in [2.05, 4.69) is 79.8 Å². The lowest BCUT2D eigenvalue weighted by Gasteiger charge is -2.48. The molecule has 31 heavy (non-hydrogen) atoms. The van der Waals surface area contributed by atoms with Crippen LogP contribution in [0.3, 0.4) is 0 Å². The van der Waals surface area contributed by atoms with E-state index in [-0.39, 0.29) is 0 Å². The van der Waals surface area contributed by atoms with Crippen LogP contribution < -0.4 is 5.32 Å². The fourth-order valence-corrected chi connectivity index (χ4v) is 7.01. The van der Waals surface area contributed by atoms with Crippen molar-refractivity contribution in [2.24, 2.45) is 17.8 Å². The Morgan fingerprint density at radius 3 is 2.71 bits per heavy atom. The van der Waals surface area contributed by atoms with Crippen molar-refractivity contribution >= 4 is 5.69 Å². The molecule has 0 saturated heterocycles. The van der Waals surface area contributed by atoms with Crippen LogP contribution in [0.2, 0.25) is 0 Å². The van der Waals surface area contributed by atoms with E-state index >= 15 is 0 Å². The van der Waals surface area contributed by atoms with Crippen molar-refractivity contribution in [3.05, 3.63) is 66.2 Å². The number of allylic oxidation sites excluding steroid dienone is 1. The third-order valence-electron chi connectivity index (χ3n) is 8.45. The molecule has 5 unspecified atom stereocenters. The molecular formula is C30H39N. The zero-order chi connectivity index (χ0) is 21.3. The molecule has 5 atom stereocenters. The van der Waals surface area contributed by atoms with Gasteiger partial charge in [0.15, 0.2) is 0 Å². The normalized spacial score (nSPS) is 32.6. The summed E-state index contributed by atoms with van der Waals surface area (Å²) in [6.45, 7) is 4.80. The molecule has 5 rings (SSSR count). The molecule has 0 heterocycles. The number of hydrogen-bond acceptors (Lipinski definition) is 1. The second kappa shape index (κ2) is 8.85. The number of benzene rings is 2. The summed E-state index contributed by atoms with van der Waals surface area (Å²) in [4.78, 5) is 0. The minimum atomic E-state index is 0.425. The van der Waals surface area contributed by atoms with Crippen LogP contribution in [-0.4, -0.2) is 6.04 Å². The van der Waals surface area contributed by atoms with Gasteiger partial charge in [-0.3, -0.25) is 0 Å². The first-order chi connectivity index (χ1) is 15.1. The van der Waals surface area contributed by atoms with Crippen LogP contribution in [-0.2, 0) is 5.41 Å². The largest absolute Gasteiger partial charge is 0.379 e. The van der Waals surface area contributed by atoms with Crippen LogP contribution in [0, 0.1) is 17.8 Å². The van der Waals surface area contributed by atoms with E-state index in [0.717, 1.165) is 17.8 Å². The van der Waals surface area contributed by atoms with Crippen molar-refractivity contribution < 1.29 is 0 Å². The maximum atomic E-state index is 3.79. The Kier molecular flexibility index (Phi) is 5.95. The van der Waals surface area contributed by atoms with Crippen molar-refractivity contribution in [2.75, 3.05) is 5.32 Å². The molecule has 2 aromatic carbocycles. The standard InChI is InChI=1S/C30H39N/c1-3-23-8-4-13-28(17-23)31-29-14-6-11-26(19-29)25-10-5-12-27(18-25)30-15-7-9-24(21-30)16-22(2)20-30/h4-6,10-14,18-19,22-24,28,31H,3,7-9,15-17,20-21H2,1-2H3. The predicted octanol–water partition coefficient (Wildman–Crippen LogP) is 8.37. The Morgan fingerprint density at radius 1 is 1.00 bits per heavy atom. The average Bonchev–Trinajstić information content (AvgIpc) is 2.79. The lowest BCUT2D eigenvalue weighted by Crippen LogP contribution is -2.39. The second-order valence-corrected chi connectivity index (χ2v) is 10.9. The predicted molar refractivity (Wildman–Crippen MR) is 133 cm³/mol. The van der Waals surface area contributed by atoms with E-state index in [9.17, 15) is 0 Å². The van der Waals surface area contributed by atoms with E-state index in [4.69, 9.17) is 0 Å². The highest BCUT2D eigenvalue weighted by atomic mass is 14.9. The van der Waals surface area contributed by atoms with Crippen molar-refractivity contribution in [3.63, 3.8) is 0 Å². The third kappa shape index (κ3) is 4.47. The average molecular weight is 414 g/mol. The van der Waals surface area contributed by atoms with E-state index in [1.54, 1.807) is 5.56 Å². The summed E-state index contributed by atoms with van der Waals surface area (Å²) in [7, 11) is 0. The van der Waals surface area contributed by atoms with Crippen molar-refractivity contribution in [1.29, 1.82) is 0 Å². The maximum Gasteiger partial charge on any atom is 0.0447 e. The Hall–Kier alpha value is -2.02. The van der Waals surface area contributed by atoms with Gasteiger partial charge in [-0.05, 0) is 90.5 Å². The van der Waals surface area contributed by atoms with Gasteiger partial charge in [0.05, 0.1) is 0 Å². The summed E-state index contributed by atoms with van der Waals surface area (Å²) in [6, 6.07) is 19.1. The topological polar surface area (TPSA) is 12.0 Å². The van der Waals surface area contributed by atoms with Gasteiger partial charge in [0, 0.05) is 11.7 Å². The quantitative estimate of drug-likeness (QED) is 0.485. The zero-order valence-electron chi connectivity index (χ0n) is 19.4. The first-order valence-corrected chi connectivity index (χ1v) is 12.8. The summed E-state index contributed by atoms with van der Waals surface area (Å²) in [6.07, 6.45) is 17.0. The number of fused-ring (bicyclic) bond motifs is 2. The van der Waals surface area contributed by atoms with E-state index in [1.807, 2.05) is 0 Å². The Bertz CT molecular complexity index is 924. The molecule has 1 nitrogen and oxygen atoms in total. The summed E-state index contributed by atoms with van der Waals surface area (Å²) in [5, 5.41) is 3.79. The highest BCUT2D eigenvalue weighted by Gasteiger charge is 2.42. The molecule has 2 fully saturated rings. The molecule has 0 aromatic heterocycles. The highest BCUT2D eigenvalue weighted by Crippen LogP contribution is 2.52. The Labute approximate surface area is 189 Å². The maximum absolute atomic E-state index is 3.79. The number of nitrogens with one attached hydrogen (secondary N) is 1. The Morgan fingerprint density at radius 2 is 1.84 bits per heavy atom. The van der Waals surface area contributed by atoms with E-state index in [0.29, 0.717) is 11.5 Å². The van der Waals surface area contributed by atoms with Crippen molar-refractivity contribution in [3.8, 4) is 11.1 Å². The summed E-state index contributed by atoms with van der Waals surface area (Å²) in [5.74, 6) is 2.63. The first kappa shape index (κ1) is 20.9. The van der Waals surface area contributed by atoms with Crippen LogP contribution in [0.4, 0.5) is 5.69 Å². The fourth-order valence-electron chi connectivity index (χ4n) is 7.01. The van der Waals surface area contributed by atoms with Gasteiger partial charge in [-0.2, -0.15) is 0 Å². The first-order valence-electron chi connectivity index (χ1n) is 12.8. The third-order valence-corrected chi connectivity index (χ3v) is 8.45. The van der Waals surface area contributed by atoms with Crippen molar-refractivity contribution in [1.82, 2.24) is 0 Å². The minimum Gasteiger partial charge on any atom is -0.379 e. The molecule has 2 saturated carbocycles. The minimum absolute atomic E-state index is 0.425. The van der Waals surface area contributed by atoms with Gasteiger partial charge in [0.2, 0.25) is 0 Å². The zero-order valence-corrected chi connectivity index (χ0v) is 19.4. The van der Waals surface area contributed by atoms with Crippen LogP contribution in [0.15, 0.2) is 60.7 Å². The monoisotopic (exact) mass is 413 g/mol. The molecule has 1 heteroatoms. The van der Waals surface area contributed by atoms with Crippen molar-refractivity contribution in [2.45, 2.75) is 83.1 Å². The van der Waals surface area contributed by atoms with E-state index in [1.165, 1.54) is 74.6 Å². The summed E-state index contributed by atoms with van der Waals surface area (Å²) < 4.78 is 0. The van der Waals surface area contributed by atoms with Crippen LogP contribution >= 0.6 is 0 Å². The lowest BCUT2D eigenvalue weighted by atomic mass is 9.56. The van der Waals surface area contributed by atoms with Gasteiger partial charge in [-0.15, -0.1) is 0 Å². The molecular weight excluding hydrogens is 374 g/mol. The number of hydrogen-bond donors (Lipinski definition) is 1. The molecule has 0 aliphatic heterocycles. The summed E-state index contributed by atoms with van der Waals surface area (Å²) >= 11 is 0. The molecule has 1 N–H and O–H groups in total. The highest BCUT2D eigenvalue weighted by molar-refractivity contribution is 5.69. The van der Waals surface area contributed by atoms with Gasteiger partial charge in [0.25, 0.3) is 0 Å². The summed E-state index contributed by atoms with van der Waals surface area (Å²) in [5.41, 5.74) is 5.99. The Balaban J connectivity index is 1.38. The SMILES string of the molecule is CCC1CC=CC(Nc2cccc(-c3cccc(C45CCCC(CC(C)C4)C5)c3)c2)C1. The molecule has 3 aliphatic rings. The second-order valence-electron chi connectivity index (χ2n) is 10.9. The molecule has 2 bridgehead atoms. The van der Waals surface area contributed by atoms with E-state index < -0.39 is 0 Å². The lowest BCUT2D eigenvalue weighted by molar-refractivity contribution is 0.110. The molecule has 0 spiro atoms. The molecule has 0 amide bonds. The van der Waals surface area contributed by atoms with Gasteiger partial charge >= 0.3 is 0 Å². The van der Waals surface area contributed by atoms with Gasteiger partial charge in [-0.25, -0.2) is 0 Å². The van der Waals surface area contributed by atoms with Crippen LogP contribution in [0.25, 0.3) is 11.1 Å². The van der Waals surface area contributed by atoms with Crippen LogP contribution in [0.5, 0.6) is 0 Å². The van der Waals surface area contributed by atoms with Crippen LogP contribution in [0.1, 0.15) is 77.2 Å². The van der Waals surface area contributed by atoms with Gasteiger partial charge in [0.1, 0.15) is 0 Å². The molecule has 2 aromatic rings. The number of rotatable bonds is 5. The molecule has 0 radical (unpaired) electrons. The fraction of sp³-hybridized carbons (Fsp3) is 0.533. The smallest absolute Gasteiger partial charge is 0.0447 e. The van der Waals surface area contributed by atoms with Gasteiger partial charge in [-0.1, -0.05) is 81.7 Å². The molecule has 3 aliphatic carbocycles.